The van der Waals surface area contributed by atoms with Crippen LogP contribution in [0.4, 0.5) is 5.69 Å². The summed E-state index contributed by atoms with van der Waals surface area (Å²) in [5, 5.41) is 4.70. The van der Waals surface area contributed by atoms with Gasteiger partial charge in [0, 0.05) is 17.0 Å². The topological polar surface area (TPSA) is 82.5 Å². The van der Waals surface area contributed by atoms with Gasteiger partial charge in [-0.3, -0.25) is 14.2 Å². The van der Waals surface area contributed by atoms with Gasteiger partial charge < -0.3 is 14.8 Å². The van der Waals surface area contributed by atoms with Crippen molar-refractivity contribution in [2.24, 2.45) is 0 Å². The van der Waals surface area contributed by atoms with E-state index < -0.39 is 0 Å². The van der Waals surface area contributed by atoms with Crippen LogP contribution in [-0.2, 0) is 11.3 Å². The van der Waals surface area contributed by atoms with Crippen LogP contribution >= 0.6 is 11.3 Å². The second-order valence-electron chi connectivity index (χ2n) is 6.99. The number of thiophene rings is 1. The maximum atomic E-state index is 12.9. The lowest BCUT2D eigenvalue weighted by molar-refractivity contribution is -0.116. The monoisotopic (exact) mass is 435 g/mol. The lowest BCUT2D eigenvalue weighted by atomic mass is 10.1. The molecule has 4 aromatic rings. The summed E-state index contributed by atoms with van der Waals surface area (Å²) in [6.07, 6.45) is 1.42. The highest BCUT2D eigenvalue weighted by molar-refractivity contribution is 7.17. The molecule has 0 fully saturated rings. The van der Waals surface area contributed by atoms with E-state index in [2.05, 4.69) is 10.3 Å². The zero-order valence-electron chi connectivity index (χ0n) is 17.3. The summed E-state index contributed by atoms with van der Waals surface area (Å²) in [6, 6.07) is 13.2. The van der Waals surface area contributed by atoms with Gasteiger partial charge in [-0.15, -0.1) is 11.3 Å². The fourth-order valence-electron chi connectivity index (χ4n) is 3.24. The Balaban J connectivity index is 1.58. The predicted molar refractivity (Wildman–Crippen MR) is 122 cm³/mol. The van der Waals surface area contributed by atoms with Crippen molar-refractivity contribution in [2.75, 3.05) is 19.5 Å². The van der Waals surface area contributed by atoms with Crippen LogP contribution in [0.25, 0.3) is 21.3 Å². The third kappa shape index (κ3) is 4.15. The van der Waals surface area contributed by atoms with E-state index in [-0.39, 0.29) is 18.0 Å². The van der Waals surface area contributed by atoms with Gasteiger partial charge in [0.25, 0.3) is 5.56 Å². The highest BCUT2D eigenvalue weighted by Gasteiger charge is 2.15. The number of nitrogens with zero attached hydrogens (tertiary/aromatic N) is 2. The van der Waals surface area contributed by atoms with Crippen molar-refractivity contribution < 1.29 is 14.3 Å². The van der Waals surface area contributed by atoms with Gasteiger partial charge in [0.15, 0.2) is 0 Å². The molecular formula is C23H21N3O4S. The van der Waals surface area contributed by atoms with Gasteiger partial charge in [-0.25, -0.2) is 4.98 Å². The molecule has 0 saturated heterocycles. The van der Waals surface area contributed by atoms with E-state index in [1.807, 2.05) is 36.6 Å². The predicted octanol–water partition coefficient (Wildman–Crippen LogP) is 4.09. The van der Waals surface area contributed by atoms with E-state index in [0.29, 0.717) is 27.4 Å². The minimum atomic E-state index is -0.359. The summed E-state index contributed by atoms with van der Waals surface area (Å²) in [4.78, 5) is 30.0. The molecule has 0 bridgehead atoms. The molecule has 2 aromatic carbocycles. The minimum Gasteiger partial charge on any atom is -0.497 e. The second-order valence-corrected chi connectivity index (χ2v) is 7.86. The lowest BCUT2D eigenvalue weighted by Gasteiger charge is -2.12. The van der Waals surface area contributed by atoms with E-state index in [4.69, 9.17) is 9.47 Å². The fraction of sp³-hybridized carbons (Fsp3) is 0.174. The number of benzene rings is 2. The van der Waals surface area contributed by atoms with Gasteiger partial charge in [0.05, 0.1) is 31.8 Å². The molecule has 8 heteroatoms. The number of amides is 1. The molecule has 0 aliphatic heterocycles. The van der Waals surface area contributed by atoms with E-state index in [1.54, 1.807) is 25.3 Å². The Hall–Kier alpha value is -3.65. The van der Waals surface area contributed by atoms with Crippen LogP contribution in [-0.4, -0.2) is 29.7 Å². The number of rotatable bonds is 6. The molecule has 0 aliphatic rings. The number of hydrogen-bond donors (Lipinski definition) is 1. The highest BCUT2D eigenvalue weighted by atomic mass is 32.1. The van der Waals surface area contributed by atoms with Crippen molar-refractivity contribution in [1.29, 1.82) is 0 Å². The molecular weight excluding hydrogens is 414 g/mol. The maximum Gasteiger partial charge on any atom is 0.271 e. The average molecular weight is 436 g/mol. The Kier molecular flexibility index (Phi) is 5.73. The number of hydrogen-bond acceptors (Lipinski definition) is 6. The third-order valence-corrected chi connectivity index (χ3v) is 5.86. The molecule has 4 rings (SSSR count). The van der Waals surface area contributed by atoms with Crippen molar-refractivity contribution in [3.05, 3.63) is 70.1 Å². The largest absolute Gasteiger partial charge is 0.497 e. The number of aryl methyl sites for hydroxylation is 1. The van der Waals surface area contributed by atoms with E-state index in [0.717, 1.165) is 16.7 Å². The van der Waals surface area contributed by atoms with E-state index in [9.17, 15) is 9.59 Å². The van der Waals surface area contributed by atoms with Gasteiger partial charge in [0.2, 0.25) is 5.91 Å². The summed E-state index contributed by atoms with van der Waals surface area (Å²) in [6.45, 7) is 1.87. The number of carbonyl (C=O) groups excluding carboxylic acids is 1. The molecule has 2 aromatic heterocycles. The number of ether oxygens (including phenoxy) is 2. The SMILES string of the molecule is COc1ccc(NC(=O)Cn2cnc3c(-c4ccc(C)cc4)csc3c2=O)c(OC)c1. The number of fused-ring (bicyclic) bond motifs is 1. The molecule has 0 saturated carbocycles. The first kappa shape index (κ1) is 20.6. The minimum absolute atomic E-state index is 0.158. The van der Waals surface area contributed by atoms with Gasteiger partial charge >= 0.3 is 0 Å². The molecule has 7 nitrogen and oxygen atoms in total. The summed E-state index contributed by atoms with van der Waals surface area (Å²) in [5.41, 5.74) is 3.98. The number of aromatic nitrogens is 2. The van der Waals surface area contributed by atoms with E-state index >= 15 is 0 Å². The third-order valence-electron chi connectivity index (χ3n) is 4.91. The summed E-state index contributed by atoms with van der Waals surface area (Å²) in [5.74, 6) is 0.722. The summed E-state index contributed by atoms with van der Waals surface area (Å²) >= 11 is 1.33. The second kappa shape index (κ2) is 8.61. The van der Waals surface area contributed by atoms with Crippen molar-refractivity contribution in [1.82, 2.24) is 9.55 Å². The van der Waals surface area contributed by atoms with Crippen LogP contribution in [0.1, 0.15) is 5.56 Å². The Morgan fingerprint density at radius 2 is 1.90 bits per heavy atom. The van der Waals surface area contributed by atoms with Crippen LogP contribution in [0.5, 0.6) is 11.5 Å². The zero-order chi connectivity index (χ0) is 22.0. The van der Waals surface area contributed by atoms with Crippen molar-refractivity contribution >= 4 is 33.1 Å². The molecule has 0 spiro atoms. The Morgan fingerprint density at radius 3 is 2.61 bits per heavy atom. The Labute approximate surface area is 182 Å². The number of anilines is 1. The normalized spacial score (nSPS) is 10.8. The quantitative estimate of drug-likeness (QED) is 0.493. The highest BCUT2D eigenvalue weighted by Crippen LogP contribution is 2.31. The molecule has 0 unspecified atom stereocenters. The summed E-state index contributed by atoms with van der Waals surface area (Å²) in [7, 11) is 3.06. The van der Waals surface area contributed by atoms with Crippen LogP contribution in [0.2, 0.25) is 0 Å². The molecule has 0 aliphatic carbocycles. The van der Waals surface area contributed by atoms with Crippen LogP contribution in [0.15, 0.2) is 59.0 Å². The van der Waals surface area contributed by atoms with Crippen LogP contribution < -0.4 is 20.3 Å². The first-order valence-electron chi connectivity index (χ1n) is 9.55. The Bertz CT molecular complexity index is 1310. The molecule has 0 atom stereocenters. The van der Waals surface area contributed by atoms with Gasteiger partial charge in [-0.1, -0.05) is 29.8 Å². The molecule has 1 N–H and O–H groups in total. The first-order chi connectivity index (χ1) is 15.0. The van der Waals surface area contributed by atoms with Crippen molar-refractivity contribution in [2.45, 2.75) is 13.5 Å². The first-order valence-corrected chi connectivity index (χ1v) is 10.4. The maximum absolute atomic E-state index is 12.9. The van der Waals surface area contributed by atoms with Crippen LogP contribution in [0, 0.1) is 6.92 Å². The molecule has 158 valence electrons. The molecule has 31 heavy (non-hydrogen) atoms. The van der Waals surface area contributed by atoms with Crippen molar-refractivity contribution in [3.63, 3.8) is 0 Å². The lowest BCUT2D eigenvalue weighted by Crippen LogP contribution is -2.27. The smallest absolute Gasteiger partial charge is 0.271 e. The van der Waals surface area contributed by atoms with E-state index in [1.165, 1.54) is 29.3 Å². The Morgan fingerprint density at radius 1 is 1.13 bits per heavy atom. The van der Waals surface area contributed by atoms with Crippen molar-refractivity contribution in [3.8, 4) is 22.6 Å². The summed E-state index contributed by atoms with van der Waals surface area (Å²) < 4.78 is 12.3. The fourth-order valence-corrected chi connectivity index (χ4v) is 4.21. The molecule has 2 heterocycles. The average Bonchev–Trinajstić information content (AvgIpc) is 3.21. The van der Waals surface area contributed by atoms with Gasteiger partial charge in [-0.2, -0.15) is 0 Å². The molecule has 0 radical (unpaired) electrons. The standard InChI is InChI=1S/C23H21N3O4S/c1-14-4-6-15(7-5-14)17-12-31-22-21(17)24-13-26(23(22)28)11-20(27)25-18-9-8-16(29-2)10-19(18)30-3/h4-10,12-13H,11H2,1-3H3,(H,25,27). The van der Waals surface area contributed by atoms with Gasteiger partial charge in [-0.05, 0) is 24.6 Å². The zero-order valence-corrected chi connectivity index (χ0v) is 18.2. The van der Waals surface area contributed by atoms with Gasteiger partial charge in [0.1, 0.15) is 22.7 Å². The number of nitrogens with one attached hydrogen (secondary N) is 1. The van der Waals surface area contributed by atoms with Crippen LogP contribution in [0.3, 0.4) is 0 Å². The number of methoxy groups -OCH3 is 2. The number of carbonyl (C=O) groups is 1. The molecule has 1 amide bonds.